The Balaban J connectivity index is 1.83. The molecular weight excluding hydrogens is 300 g/mol. The fourth-order valence-electron chi connectivity index (χ4n) is 1.93. The quantitative estimate of drug-likeness (QED) is 0.741. The second-order valence-corrected chi connectivity index (χ2v) is 4.63. The van der Waals surface area contributed by atoms with Gasteiger partial charge in [-0.2, -0.15) is 5.10 Å². The first-order valence-corrected chi connectivity index (χ1v) is 6.94. The SMILES string of the molecule is COc1ccc(CCNC(=O)Nc2ccc(=O)[nH]n2)cc1OC. The predicted octanol–water partition coefficient (Wildman–Crippen LogP) is 1.15. The number of carbonyl (C=O) groups excluding carboxylic acids is 1. The van der Waals surface area contributed by atoms with Crippen molar-refractivity contribution in [1.29, 1.82) is 0 Å². The van der Waals surface area contributed by atoms with E-state index in [9.17, 15) is 9.59 Å². The summed E-state index contributed by atoms with van der Waals surface area (Å²) in [7, 11) is 3.15. The van der Waals surface area contributed by atoms with Gasteiger partial charge in [-0.1, -0.05) is 6.07 Å². The molecule has 0 aliphatic heterocycles. The third kappa shape index (κ3) is 4.73. The molecule has 0 radical (unpaired) electrons. The standard InChI is InChI=1S/C15H18N4O4/c1-22-11-4-3-10(9-12(11)23-2)7-8-16-15(21)17-13-5-6-14(20)19-18-13/h3-6,9H,7-8H2,1-2H3,(H,19,20)(H2,16,17,18,21). The van der Waals surface area contributed by atoms with Crippen LogP contribution < -0.4 is 25.7 Å². The molecule has 8 heteroatoms. The summed E-state index contributed by atoms with van der Waals surface area (Å²) in [6, 6.07) is 7.90. The zero-order chi connectivity index (χ0) is 16.7. The Bertz CT molecular complexity index is 709. The number of aromatic amines is 1. The number of aromatic nitrogens is 2. The van der Waals surface area contributed by atoms with Gasteiger partial charge in [-0.25, -0.2) is 9.89 Å². The van der Waals surface area contributed by atoms with Crippen LogP contribution in [0.15, 0.2) is 35.1 Å². The number of H-pyrrole nitrogens is 1. The van der Waals surface area contributed by atoms with Crippen molar-refractivity contribution in [3.05, 3.63) is 46.2 Å². The molecule has 3 N–H and O–H groups in total. The van der Waals surface area contributed by atoms with Crippen molar-refractivity contribution >= 4 is 11.8 Å². The van der Waals surface area contributed by atoms with E-state index in [1.807, 2.05) is 18.2 Å². The van der Waals surface area contributed by atoms with E-state index >= 15 is 0 Å². The number of nitrogens with one attached hydrogen (secondary N) is 3. The van der Waals surface area contributed by atoms with Crippen LogP contribution >= 0.6 is 0 Å². The molecule has 2 rings (SSSR count). The summed E-state index contributed by atoms with van der Waals surface area (Å²) >= 11 is 0. The fraction of sp³-hybridized carbons (Fsp3) is 0.267. The number of urea groups is 1. The lowest BCUT2D eigenvalue weighted by molar-refractivity contribution is 0.252. The van der Waals surface area contributed by atoms with Gasteiger partial charge < -0.3 is 14.8 Å². The molecule has 1 aromatic heterocycles. The van der Waals surface area contributed by atoms with Crippen LogP contribution in [0.5, 0.6) is 11.5 Å². The lowest BCUT2D eigenvalue weighted by atomic mass is 10.1. The van der Waals surface area contributed by atoms with Gasteiger partial charge in [0, 0.05) is 12.6 Å². The van der Waals surface area contributed by atoms with Crippen molar-refractivity contribution in [3.63, 3.8) is 0 Å². The number of ether oxygens (including phenoxy) is 2. The molecule has 2 amide bonds. The summed E-state index contributed by atoms with van der Waals surface area (Å²) < 4.78 is 10.4. The van der Waals surface area contributed by atoms with Crippen LogP contribution in [-0.4, -0.2) is 37.0 Å². The molecule has 0 bridgehead atoms. The molecule has 23 heavy (non-hydrogen) atoms. The van der Waals surface area contributed by atoms with E-state index in [2.05, 4.69) is 20.8 Å². The van der Waals surface area contributed by atoms with Gasteiger partial charge in [0.15, 0.2) is 17.3 Å². The van der Waals surface area contributed by atoms with E-state index in [0.29, 0.717) is 24.5 Å². The Kier molecular flexibility index (Phi) is 5.56. The molecule has 0 atom stereocenters. The van der Waals surface area contributed by atoms with Gasteiger partial charge >= 0.3 is 6.03 Å². The molecule has 8 nitrogen and oxygen atoms in total. The average Bonchev–Trinajstić information content (AvgIpc) is 2.56. The molecule has 122 valence electrons. The normalized spacial score (nSPS) is 10.0. The molecular formula is C15H18N4O4. The second-order valence-electron chi connectivity index (χ2n) is 4.63. The summed E-state index contributed by atoms with van der Waals surface area (Å²) in [5.41, 5.74) is 0.675. The van der Waals surface area contributed by atoms with E-state index < -0.39 is 6.03 Å². The highest BCUT2D eigenvalue weighted by atomic mass is 16.5. The van der Waals surface area contributed by atoms with Crippen molar-refractivity contribution < 1.29 is 14.3 Å². The zero-order valence-electron chi connectivity index (χ0n) is 12.9. The van der Waals surface area contributed by atoms with Crippen molar-refractivity contribution in [2.75, 3.05) is 26.1 Å². The van der Waals surface area contributed by atoms with Crippen LogP contribution in [0.1, 0.15) is 5.56 Å². The molecule has 1 heterocycles. The van der Waals surface area contributed by atoms with E-state index in [4.69, 9.17) is 9.47 Å². The average molecular weight is 318 g/mol. The van der Waals surface area contributed by atoms with Crippen LogP contribution in [0.2, 0.25) is 0 Å². The summed E-state index contributed by atoms with van der Waals surface area (Å²) in [6.45, 7) is 0.435. The third-order valence-corrected chi connectivity index (χ3v) is 3.07. The van der Waals surface area contributed by atoms with Gasteiger partial charge in [0.25, 0.3) is 5.56 Å². The maximum Gasteiger partial charge on any atom is 0.320 e. The lowest BCUT2D eigenvalue weighted by Crippen LogP contribution is -2.31. The lowest BCUT2D eigenvalue weighted by Gasteiger charge is -2.10. The van der Waals surface area contributed by atoms with Crippen LogP contribution in [0.4, 0.5) is 10.6 Å². The number of hydrogen-bond donors (Lipinski definition) is 3. The Morgan fingerprint density at radius 3 is 2.61 bits per heavy atom. The van der Waals surface area contributed by atoms with Crippen molar-refractivity contribution in [2.45, 2.75) is 6.42 Å². The Labute approximate surface area is 132 Å². The smallest absolute Gasteiger partial charge is 0.320 e. The minimum absolute atomic E-state index is 0.271. The van der Waals surface area contributed by atoms with E-state index in [1.165, 1.54) is 12.1 Å². The first kappa shape index (κ1) is 16.3. The first-order chi connectivity index (χ1) is 11.1. The Morgan fingerprint density at radius 1 is 1.17 bits per heavy atom. The van der Waals surface area contributed by atoms with Gasteiger partial charge in [0.2, 0.25) is 0 Å². The maximum absolute atomic E-state index is 11.7. The molecule has 0 saturated heterocycles. The number of carbonyl (C=O) groups is 1. The highest BCUT2D eigenvalue weighted by molar-refractivity contribution is 5.87. The molecule has 0 aliphatic carbocycles. The molecule has 0 aliphatic rings. The molecule has 1 aromatic carbocycles. The number of benzene rings is 1. The number of nitrogens with zero attached hydrogens (tertiary/aromatic N) is 1. The predicted molar refractivity (Wildman–Crippen MR) is 85.1 cm³/mol. The third-order valence-electron chi connectivity index (χ3n) is 3.07. The first-order valence-electron chi connectivity index (χ1n) is 6.94. The van der Waals surface area contributed by atoms with Gasteiger partial charge in [-0.15, -0.1) is 0 Å². The van der Waals surface area contributed by atoms with Gasteiger partial charge in [-0.3, -0.25) is 10.1 Å². The summed E-state index contributed by atoms with van der Waals surface area (Å²) in [6.07, 6.45) is 0.632. The zero-order valence-corrected chi connectivity index (χ0v) is 12.9. The molecule has 2 aromatic rings. The highest BCUT2D eigenvalue weighted by Crippen LogP contribution is 2.27. The van der Waals surface area contributed by atoms with Crippen LogP contribution in [0.25, 0.3) is 0 Å². The maximum atomic E-state index is 11.7. The number of rotatable bonds is 6. The number of amides is 2. The van der Waals surface area contributed by atoms with Gasteiger partial charge in [0.1, 0.15) is 0 Å². The molecule has 0 saturated carbocycles. The van der Waals surface area contributed by atoms with E-state index in [0.717, 1.165) is 5.56 Å². The van der Waals surface area contributed by atoms with Crippen molar-refractivity contribution in [1.82, 2.24) is 15.5 Å². The fourth-order valence-corrected chi connectivity index (χ4v) is 1.93. The van der Waals surface area contributed by atoms with Crippen molar-refractivity contribution in [3.8, 4) is 11.5 Å². The summed E-state index contributed by atoms with van der Waals surface area (Å²) in [5, 5.41) is 11.1. The van der Waals surface area contributed by atoms with Crippen molar-refractivity contribution in [2.24, 2.45) is 0 Å². The van der Waals surface area contributed by atoms with E-state index in [1.54, 1.807) is 14.2 Å². The van der Waals surface area contributed by atoms with Gasteiger partial charge in [-0.05, 0) is 30.2 Å². The second kappa shape index (κ2) is 7.83. The highest BCUT2D eigenvalue weighted by Gasteiger charge is 2.06. The van der Waals surface area contributed by atoms with Crippen LogP contribution in [-0.2, 0) is 6.42 Å². The van der Waals surface area contributed by atoms with Crippen LogP contribution in [0, 0.1) is 0 Å². The monoisotopic (exact) mass is 318 g/mol. The molecule has 0 spiro atoms. The Hall–Kier alpha value is -3.03. The number of hydrogen-bond acceptors (Lipinski definition) is 5. The number of anilines is 1. The van der Waals surface area contributed by atoms with Crippen LogP contribution in [0.3, 0.4) is 0 Å². The Morgan fingerprint density at radius 2 is 1.96 bits per heavy atom. The minimum Gasteiger partial charge on any atom is -0.493 e. The molecule has 0 unspecified atom stereocenters. The van der Waals surface area contributed by atoms with E-state index in [-0.39, 0.29) is 11.4 Å². The summed E-state index contributed by atoms with van der Waals surface area (Å²) in [4.78, 5) is 22.6. The number of methoxy groups -OCH3 is 2. The minimum atomic E-state index is -0.398. The van der Waals surface area contributed by atoms with Gasteiger partial charge in [0.05, 0.1) is 14.2 Å². The molecule has 0 fully saturated rings. The summed E-state index contributed by atoms with van der Waals surface area (Å²) in [5.74, 6) is 1.58. The largest absolute Gasteiger partial charge is 0.493 e. The topological polar surface area (TPSA) is 105 Å².